The molecule has 0 aromatic rings. The van der Waals surface area contributed by atoms with E-state index in [1.807, 2.05) is 0 Å². The van der Waals surface area contributed by atoms with Gasteiger partial charge in [-0.05, 0) is 6.42 Å². The fraction of sp³-hybridized carbons (Fsp3) is 0.857. The van der Waals surface area contributed by atoms with Gasteiger partial charge in [-0.1, -0.05) is 19.1 Å². The van der Waals surface area contributed by atoms with Gasteiger partial charge in [0.05, 0.1) is 6.10 Å². The van der Waals surface area contributed by atoms with Gasteiger partial charge in [-0.2, -0.15) is 0 Å². The smallest absolute Gasteiger partial charge is 0.113 e. The average Bonchev–Trinajstić information content (AvgIpc) is 2.12. The fourth-order valence-corrected chi connectivity index (χ4v) is 0.913. The van der Waals surface area contributed by atoms with Gasteiger partial charge >= 0.3 is 0 Å². The van der Waals surface area contributed by atoms with E-state index in [4.69, 9.17) is 20.4 Å². The first-order valence-corrected chi connectivity index (χ1v) is 4.19. The van der Waals surface area contributed by atoms with Crippen LogP contribution in [0.25, 0.3) is 0 Å². The van der Waals surface area contributed by atoms with Crippen molar-refractivity contribution in [2.24, 2.45) is 0 Å². The molecular formula is C7H14O4S. The summed E-state index contributed by atoms with van der Waals surface area (Å²) >= 11 is 4.37. The van der Waals surface area contributed by atoms with E-state index < -0.39 is 24.4 Å². The first kappa shape index (κ1) is 11.9. The van der Waals surface area contributed by atoms with Gasteiger partial charge < -0.3 is 20.4 Å². The highest BCUT2D eigenvalue weighted by molar-refractivity contribution is 7.79. The Balaban J connectivity index is 4.07. The molecule has 4 N–H and O–H groups in total. The SMILES string of the molecule is CCC(O)[C@@H](O)[C@@H](O)[C@@H](O)C=S. The van der Waals surface area contributed by atoms with Gasteiger partial charge in [0, 0.05) is 5.37 Å². The van der Waals surface area contributed by atoms with Crippen LogP contribution < -0.4 is 0 Å². The zero-order chi connectivity index (χ0) is 9.72. The third-order valence-electron chi connectivity index (χ3n) is 1.65. The summed E-state index contributed by atoms with van der Waals surface area (Å²) in [4.78, 5) is 0. The highest BCUT2D eigenvalue weighted by atomic mass is 32.1. The van der Waals surface area contributed by atoms with Crippen molar-refractivity contribution in [3.8, 4) is 0 Å². The summed E-state index contributed by atoms with van der Waals surface area (Å²) in [6, 6.07) is 0. The molecule has 0 radical (unpaired) electrons. The molecule has 1 unspecified atom stereocenters. The Hall–Kier alpha value is -0.0700. The van der Waals surface area contributed by atoms with Crippen LogP contribution in [0, 0.1) is 0 Å². The number of hydrogen-bond acceptors (Lipinski definition) is 5. The van der Waals surface area contributed by atoms with E-state index in [-0.39, 0.29) is 0 Å². The summed E-state index contributed by atoms with van der Waals surface area (Å²) < 4.78 is 0. The highest BCUT2D eigenvalue weighted by Crippen LogP contribution is 2.06. The Labute approximate surface area is 76.5 Å². The van der Waals surface area contributed by atoms with Crippen LogP contribution in [0.2, 0.25) is 0 Å². The third kappa shape index (κ3) is 3.12. The van der Waals surface area contributed by atoms with E-state index in [1.54, 1.807) is 6.92 Å². The van der Waals surface area contributed by atoms with Gasteiger partial charge in [-0.15, -0.1) is 0 Å². The van der Waals surface area contributed by atoms with Crippen molar-refractivity contribution in [1.82, 2.24) is 0 Å². The minimum atomic E-state index is -1.42. The molecule has 4 atom stereocenters. The number of thiocarbonyl (C=S) groups is 1. The summed E-state index contributed by atoms with van der Waals surface area (Å²) in [6.07, 6.45) is -4.79. The Morgan fingerprint density at radius 2 is 1.67 bits per heavy atom. The quantitative estimate of drug-likeness (QED) is 0.415. The number of hydrogen-bond donors (Lipinski definition) is 4. The zero-order valence-corrected chi connectivity index (χ0v) is 7.61. The normalized spacial score (nSPS) is 21.1. The van der Waals surface area contributed by atoms with Gasteiger partial charge in [0.1, 0.15) is 18.3 Å². The van der Waals surface area contributed by atoms with Crippen LogP contribution in [0.5, 0.6) is 0 Å². The van der Waals surface area contributed by atoms with E-state index in [9.17, 15) is 0 Å². The van der Waals surface area contributed by atoms with Crippen molar-refractivity contribution in [2.75, 3.05) is 0 Å². The molecule has 0 aliphatic heterocycles. The standard InChI is InChI=1S/C7H14O4S/c1-2-4(8)6(10)7(11)5(9)3-12/h3-11H,2H2,1H3/t4?,5-,6+,7-/m0/s1. The molecule has 0 saturated heterocycles. The molecule has 0 saturated carbocycles. The Kier molecular flexibility index (Phi) is 5.52. The van der Waals surface area contributed by atoms with E-state index in [0.29, 0.717) is 6.42 Å². The first-order valence-electron chi connectivity index (χ1n) is 3.72. The lowest BCUT2D eigenvalue weighted by Crippen LogP contribution is -2.44. The largest absolute Gasteiger partial charge is 0.390 e. The van der Waals surface area contributed by atoms with E-state index in [1.165, 1.54) is 0 Å². The van der Waals surface area contributed by atoms with Crippen LogP contribution in [0.3, 0.4) is 0 Å². The molecular weight excluding hydrogens is 180 g/mol. The Bertz CT molecular complexity index is 141. The summed E-state index contributed by atoms with van der Waals surface area (Å²) in [6.45, 7) is 1.66. The van der Waals surface area contributed by atoms with E-state index in [2.05, 4.69) is 12.2 Å². The molecule has 0 rings (SSSR count). The topological polar surface area (TPSA) is 80.9 Å². The second-order valence-electron chi connectivity index (χ2n) is 2.58. The maximum atomic E-state index is 9.16. The first-order chi connectivity index (χ1) is 5.54. The molecule has 12 heavy (non-hydrogen) atoms. The molecule has 0 aliphatic rings. The van der Waals surface area contributed by atoms with Crippen molar-refractivity contribution in [2.45, 2.75) is 37.8 Å². The molecule has 0 fully saturated rings. The lowest BCUT2D eigenvalue weighted by atomic mass is 10.0. The van der Waals surface area contributed by atoms with Crippen molar-refractivity contribution < 1.29 is 20.4 Å². The molecule has 0 heterocycles. The summed E-state index contributed by atoms with van der Waals surface area (Å²) in [5.41, 5.74) is 0. The van der Waals surface area contributed by atoms with Gasteiger partial charge in [0.25, 0.3) is 0 Å². The Morgan fingerprint density at radius 1 is 1.17 bits per heavy atom. The molecule has 0 spiro atoms. The van der Waals surface area contributed by atoms with Crippen LogP contribution in [0.4, 0.5) is 0 Å². The zero-order valence-electron chi connectivity index (χ0n) is 6.79. The summed E-state index contributed by atoms with van der Waals surface area (Å²) in [7, 11) is 0. The van der Waals surface area contributed by atoms with Gasteiger partial charge in [0.2, 0.25) is 0 Å². The van der Waals surface area contributed by atoms with Crippen molar-refractivity contribution in [3.63, 3.8) is 0 Å². The maximum Gasteiger partial charge on any atom is 0.113 e. The summed E-state index contributed by atoms with van der Waals surface area (Å²) in [5.74, 6) is 0. The monoisotopic (exact) mass is 194 g/mol. The molecule has 0 aromatic heterocycles. The van der Waals surface area contributed by atoms with Gasteiger partial charge in [-0.25, -0.2) is 0 Å². The Morgan fingerprint density at radius 3 is 2.00 bits per heavy atom. The van der Waals surface area contributed by atoms with Crippen LogP contribution in [-0.4, -0.2) is 50.2 Å². The number of aliphatic hydroxyl groups excluding tert-OH is 4. The molecule has 0 amide bonds. The van der Waals surface area contributed by atoms with Gasteiger partial charge in [0.15, 0.2) is 0 Å². The van der Waals surface area contributed by atoms with Gasteiger partial charge in [-0.3, -0.25) is 0 Å². The van der Waals surface area contributed by atoms with Crippen LogP contribution in [0.15, 0.2) is 0 Å². The van der Waals surface area contributed by atoms with Crippen molar-refractivity contribution in [1.29, 1.82) is 0 Å². The summed E-state index contributed by atoms with van der Waals surface area (Å²) in [5, 5.41) is 37.3. The maximum absolute atomic E-state index is 9.16. The fourth-order valence-electron chi connectivity index (χ4n) is 0.752. The second kappa shape index (κ2) is 5.55. The van der Waals surface area contributed by atoms with Crippen molar-refractivity contribution >= 4 is 17.6 Å². The minimum absolute atomic E-state index is 0.308. The minimum Gasteiger partial charge on any atom is -0.390 e. The van der Waals surface area contributed by atoms with E-state index in [0.717, 1.165) is 5.37 Å². The molecule has 5 heteroatoms. The molecule has 0 aliphatic carbocycles. The predicted molar refractivity (Wildman–Crippen MR) is 48.0 cm³/mol. The highest BCUT2D eigenvalue weighted by Gasteiger charge is 2.27. The molecule has 4 nitrogen and oxygen atoms in total. The van der Waals surface area contributed by atoms with E-state index >= 15 is 0 Å². The van der Waals surface area contributed by atoms with Crippen LogP contribution in [-0.2, 0) is 0 Å². The molecule has 0 aromatic carbocycles. The lowest BCUT2D eigenvalue weighted by molar-refractivity contribution is -0.0878. The second-order valence-corrected chi connectivity index (χ2v) is 2.86. The molecule has 72 valence electrons. The third-order valence-corrected chi connectivity index (χ3v) is 1.93. The van der Waals surface area contributed by atoms with Crippen LogP contribution in [0.1, 0.15) is 13.3 Å². The lowest BCUT2D eigenvalue weighted by Gasteiger charge is -2.23. The molecule has 0 bridgehead atoms. The van der Waals surface area contributed by atoms with Crippen LogP contribution >= 0.6 is 12.2 Å². The predicted octanol–water partition coefficient (Wildman–Crippen LogP) is -1.16. The number of aliphatic hydroxyl groups is 4. The van der Waals surface area contributed by atoms with Crippen molar-refractivity contribution in [3.05, 3.63) is 0 Å². The average molecular weight is 194 g/mol. The number of rotatable bonds is 5.